The fraction of sp³-hybridized carbons (Fsp3) is 0.448. The van der Waals surface area contributed by atoms with E-state index in [1.807, 2.05) is 29.2 Å². The second-order valence-corrected chi connectivity index (χ2v) is 12.3. The lowest BCUT2D eigenvalue weighted by Gasteiger charge is -2.38. The number of rotatable bonds is 4. The zero-order valence-corrected chi connectivity index (χ0v) is 25.2. The summed E-state index contributed by atoms with van der Waals surface area (Å²) in [6.45, 7) is -0.316. The minimum Gasteiger partial charge on any atom is -0.343 e. The quantitative estimate of drug-likeness (QED) is 0.415. The van der Waals surface area contributed by atoms with Gasteiger partial charge in [0.05, 0.1) is 22.7 Å². The highest BCUT2D eigenvalue weighted by atomic mass is 35.5. The number of alkyl halides is 3. The van der Waals surface area contributed by atoms with Crippen molar-refractivity contribution in [2.45, 2.75) is 50.9 Å². The Bertz CT molecular complexity index is 1590. The molecule has 4 amide bonds. The first-order chi connectivity index (χ1) is 20.5. The van der Waals surface area contributed by atoms with Gasteiger partial charge in [0, 0.05) is 49.7 Å². The van der Waals surface area contributed by atoms with Crippen molar-refractivity contribution in [1.82, 2.24) is 24.3 Å². The molecule has 9 nitrogen and oxygen atoms in total. The van der Waals surface area contributed by atoms with E-state index >= 15 is 0 Å². The number of likely N-dealkylation sites (tertiary alicyclic amines) is 1. The predicted octanol–water partition coefficient (Wildman–Crippen LogP) is 4.86. The van der Waals surface area contributed by atoms with E-state index in [0.717, 1.165) is 22.6 Å². The number of halogens is 4. The fourth-order valence-electron chi connectivity index (χ4n) is 6.57. The molecule has 1 fully saturated rings. The van der Waals surface area contributed by atoms with E-state index in [0.29, 0.717) is 59.5 Å². The van der Waals surface area contributed by atoms with Gasteiger partial charge in [-0.15, -0.1) is 0 Å². The molecule has 2 atom stereocenters. The monoisotopic (exact) mass is 634 g/mol. The van der Waals surface area contributed by atoms with Gasteiger partial charge >= 0.3 is 12.2 Å². The molecular weight excluding hydrogens is 604 g/mol. The van der Waals surface area contributed by atoms with Crippen LogP contribution >= 0.6 is 21.0 Å². The second-order valence-electron chi connectivity index (χ2n) is 11.4. The van der Waals surface area contributed by atoms with Gasteiger partial charge in [-0.25, -0.2) is 9.25 Å². The third kappa shape index (κ3) is 6.04. The molecule has 14 heteroatoms. The first-order valence-corrected chi connectivity index (χ1v) is 15.1. The average molecular weight is 635 g/mol. The van der Waals surface area contributed by atoms with Crippen molar-refractivity contribution >= 4 is 55.4 Å². The first-order valence-electron chi connectivity index (χ1n) is 14.2. The standard InChI is InChI=1S/C29H31ClF3N6O3P/c30-23-12-18-11-19(27(41)37(16-29(31,32)33)15-22(18)21-14-34-39(43)26(21)23)13-25(40)36-8-6-20(7-9-36)38-10-5-17-3-1-2-4-24(17)35-28(38)42/h1-4,12,14,19-20H,5-11,13,15-16,43H2,(H,35,42)/t19-/m0/s1. The minimum atomic E-state index is -4.60. The van der Waals surface area contributed by atoms with E-state index in [-0.39, 0.29) is 37.4 Å². The van der Waals surface area contributed by atoms with Gasteiger partial charge in [0.25, 0.3) is 0 Å². The summed E-state index contributed by atoms with van der Waals surface area (Å²) in [6, 6.07) is 9.16. The number of carbonyl (C=O) groups is 3. The Labute approximate surface area is 253 Å². The number of benzene rings is 2. The smallest absolute Gasteiger partial charge is 0.343 e. The largest absolute Gasteiger partial charge is 0.406 e. The molecule has 3 aliphatic heterocycles. The maximum Gasteiger partial charge on any atom is 0.406 e. The van der Waals surface area contributed by atoms with Crippen molar-refractivity contribution in [3.63, 3.8) is 0 Å². The van der Waals surface area contributed by atoms with Gasteiger partial charge in [0.15, 0.2) is 0 Å². The third-order valence-corrected chi connectivity index (χ3v) is 9.38. The highest BCUT2D eigenvalue weighted by molar-refractivity contribution is 7.14. The van der Waals surface area contributed by atoms with E-state index in [1.165, 1.54) is 10.6 Å². The van der Waals surface area contributed by atoms with Gasteiger partial charge in [-0.2, -0.15) is 18.3 Å². The number of urea groups is 1. The van der Waals surface area contributed by atoms with Crippen LogP contribution in [0.3, 0.4) is 0 Å². The number of para-hydroxylation sites is 1. The summed E-state index contributed by atoms with van der Waals surface area (Å²) in [6.07, 6.45) is -1.32. The fourth-order valence-corrected chi connectivity index (χ4v) is 7.31. The molecule has 43 heavy (non-hydrogen) atoms. The molecule has 6 rings (SSSR count). The summed E-state index contributed by atoms with van der Waals surface area (Å²) in [5.41, 5.74) is 3.62. The zero-order valence-electron chi connectivity index (χ0n) is 23.2. The number of hydrogen-bond acceptors (Lipinski definition) is 4. The van der Waals surface area contributed by atoms with Crippen LogP contribution in [0.1, 0.15) is 36.0 Å². The van der Waals surface area contributed by atoms with Crippen molar-refractivity contribution in [3.8, 4) is 0 Å². The molecule has 1 aromatic heterocycles. The second kappa shape index (κ2) is 11.6. The number of carbonyl (C=O) groups excluding carboxylic acids is 3. The van der Waals surface area contributed by atoms with Crippen LogP contribution in [0.4, 0.5) is 23.7 Å². The minimum absolute atomic E-state index is 0.0470. The van der Waals surface area contributed by atoms with Crippen LogP contribution in [0.5, 0.6) is 0 Å². The number of nitrogens with zero attached hydrogens (tertiary/aromatic N) is 5. The molecule has 0 radical (unpaired) electrons. The normalized spacial score (nSPS) is 20.0. The molecule has 2 aromatic carbocycles. The molecule has 4 heterocycles. The van der Waals surface area contributed by atoms with E-state index in [1.54, 1.807) is 11.0 Å². The number of anilines is 1. The van der Waals surface area contributed by atoms with Gasteiger partial charge in [0.1, 0.15) is 6.54 Å². The van der Waals surface area contributed by atoms with Crippen LogP contribution in [0.15, 0.2) is 36.5 Å². The summed E-state index contributed by atoms with van der Waals surface area (Å²) in [5, 5.41) is 8.11. The third-order valence-electron chi connectivity index (χ3n) is 8.70. The van der Waals surface area contributed by atoms with Gasteiger partial charge < -0.3 is 20.0 Å². The summed E-state index contributed by atoms with van der Waals surface area (Å²) < 4.78 is 42.2. The number of aromatic nitrogens is 2. The number of hydrogen-bond donors (Lipinski definition) is 1. The number of fused-ring (bicyclic) bond motifs is 4. The first kappa shape index (κ1) is 29.7. The van der Waals surface area contributed by atoms with Crippen LogP contribution < -0.4 is 5.32 Å². The van der Waals surface area contributed by atoms with Crippen LogP contribution in [-0.2, 0) is 29.0 Å². The predicted molar refractivity (Wildman–Crippen MR) is 159 cm³/mol. The molecule has 3 aromatic rings. The van der Waals surface area contributed by atoms with Crippen molar-refractivity contribution in [2.75, 3.05) is 31.5 Å². The summed E-state index contributed by atoms with van der Waals surface area (Å²) >= 11 is 6.51. The van der Waals surface area contributed by atoms with Crippen LogP contribution in [0.2, 0.25) is 5.02 Å². The van der Waals surface area contributed by atoms with E-state index in [4.69, 9.17) is 11.6 Å². The molecule has 1 unspecified atom stereocenters. The van der Waals surface area contributed by atoms with Crippen LogP contribution in [0, 0.1) is 5.92 Å². The maximum absolute atomic E-state index is 13.6. The van der Waals surface area contributed by atoms with Crippen molar-refractivity contribution in [3.05, 3.63) is 58.2 Å². The zero-order chi connectivity index (χ0) is 30.5. The van der Waals surface area contributed by atoms with Gasteiger partial charge in [-0.3, -0.25) is 9.59 Å². The lowest BCUT2D eigenvalue weighted by molar-refractivity contribution is -0.165. The molecular formula is C29H31ClF3N6O3P. The maximum atomic E-state index is 13.6. The van der Waals surface area contributed by atoms with Gasteiger partial charge in [0.2, 0.25) is 11.8 Å². The number of amides is 4. The van der Waals surface area contributed by atoms with E-state index < -0.39 is 24.5 Å². The molecule has 0 spiro atoms. The molecule has 0 aliphatic carbocycles. The topological polar surface area (TPSA) is 90.8 Å². The lowest BCUT2D eigenvalue weighted by atomic mass is 9.92. The summed E-state index contributed by atoms with van der Waals surface area (Å²) in [7, 11) is 2.39. The SMILES string of the molecule is O=C(C[C@@H]1Cc2cc(Cl)c3c(cnn3P)c2CN(CC(F)(F)F)C1=O)N1CCC(N2CCc3ccccc3NC2=O)CC1. The Morgan fingerprint density at radius 2 is 1.86 bits per heavy atom. The van der Waals surface area contributed by atoms with Crippen molar-refractivity contribution in [1.29, 1.82) is 0 Å². The molecule has 0 saturated carbocycles. The Morgan fingerprint density at radius 1 is 1.12 bits per heavy atom. The summed E-state index contributed by atoms with van der Waals surface area (Å²) in [4.78, 5) is 44.2. The molecule has 3 aliphatic rings. The van der Waals surface area contributed by atoms with Crippen molar-refractivity contribution < 1.29 is 27.6 Å². The van der Waals surface area contributed by atoms with Gasteiger partial charge in [-0.1, -0.05) is 29.8 Å². The Morgan fingerprint density at radius 3 is 2.60 bits per heavy atom. The Balaban J connectivity index is 1.16. The van der Waals surface area contributed by atoms with E-state index in [2.05, 4.69) is 19.8 Å². The highest BCUT2D eigenvalue weighted by Crippen LogP contribution is 2.37. The molecule has 1 saturated heterocycles. The summed E-state index contributed by atoms with van der Waals surface area (Å²) in [5.74, 6) is -1.96. The average Bonchev–Trinajstić information content (AvgIpc) is 3.20. The highest BCUT2D eigenvalue weighted by Gasteiger charge is 2.40. The number of piperidine rings is 1. The molecule has 0 bridgehead atoms. The van der Waals surface area contributed by atoms with Crippen LogP contribution in [0.25, 0.3) is 10.9 Å². The van der Waals surface area contributed by atoms with Gasteiger partial charge in [-0.05, 0) is 63.9 Å². The Hall–Kier alpha value is -3.37. The van der Waals surface area contributed by atoms with Crippen molar-refractivity contribution in [2.24, 2.45) is 5.92 Å². The molecule has 1 N–H and O–H groups in total. The van der Waals surface area contributed by atoms with Crippen LogP contribution in [-0.4, -0.2) is 80.5 Å². The van der Waals surface area contributed by atoms with E-state index in [9.17, 15) is 27.6 Å². The lowest BCUT2D eigenvalue weighted by Crippen LogP contribution is -2.50. The molecule has 228 valence electrons. The number of nitrogens with one attached hydrogen (secondary N) is 1. The Kier molecular flexibility index (Phi) is 8.02.